The summed E-state index contributed by atoms with van der Waals surface area (Å²) < 4.78 is 16.7. The number of ether oxygens (including phenoxy) is 3. The summed E-state index contributed by atoms with van der Waals surface area (Å²) in [6, 6.07) is 13.5. The summed E-state index contributed by atoms with van der Waals surface area (Å²) in [5.74, 6) is 2.71. The van der Waals surface area contributed by atoms with Gasteiger partial charge in [0.05, 0.1) is 13.7 Å². The second-order valence-electron chi connectivity index (χ2n) is 4.49. The third-order valence-corrected chi connectivity index (χ3v) is 3.30. The topological polar surface area (TPSA) is 27.7 Å². The Labute approximate surface area is 130 Å². The largest absolute Gasteiger partial charge is 0.497 e. The summed E-state index contributed by atoms with van der Waals surface area (Å²) >= 11 is 5.85. The lowest BCUT2D eigenvalue weighted by Crippen LogP contribution is -2.00. The Morgan fingerprint density at radius 3 is 2.52 bits per heavy atom. The molecule has 0 spiro atoms. The zero-order chi connectivity index (χ0) is 15.1. The molecule has 0 heterocycles. The minimum absolute atomic E-state index is 0.455. The van der Waals surface area contributed by atoms with E-state index in [9.17, 15) is 0 Å². The molecule has 2 aromatic carbocycles. The van der Waals surface area contributed by atoms with Gasteiger partial charge in [0.25, 0.3) is 0 Å². The highest BCUT2D eigenvalue weighted by Crippen LogP contribution is 2.30. The molecular weight excluding hydrogens is 288 g/mol. The van der Waals surface area contributed by atoms with Crippen molar-refractivity contribution in [2.75, 3.05) is 13.7 Å². The summed E-state index contributed by atoms with van der Waals surface area (Å²) in [6.07, 6.45) is 0. The minimum atomic E-state index is 0.455. The van der Waals surface area contributed by atoms with Gasteiger partial charge >= 0.3 is 0 Å². The van der Waals surface area contributed by atoms with Gasteiger partial charge in [-0.25, -0.2) is 0 Å². The SMILES string of the molecule is CCOc1cc(CCl)ccc1OCc1cccc(OC)c1. The number of methoxy groups -OCH3 is 1. The molecule has 0 fully saturated rings. The van der Waals surface area contributed by atoms with E-state index in [4.69, 9.17) is 25.8 Å². The summed E-state index contributed by atoms with van der Waals surface area (Å²) in [5.41, 5.74) is 2.05. The quantitative estimate of drug-likeness (QED) is 0.709. The van der Waals surface area contributed by atoms with Crippen molar-refractivity contribution < 1.29 is 14.2 Å². The monoisotopic (exact) mass is 306 g/mol. The van der Waals surface area contributed by atoms with E-state index in [1.54, 1.807) is 7.11 Å². The number of hydrogen-bond acceptors (Lipinski definition) is 3. The average Bonchev–Trinajstić information content (AvgIpc) is 2.54. The van der Waals surface area contributed by atoms with Crippen LogP contribution in [0.2, 0.25) is 0 Å². The van der Waals surface area contributed by atoms with Crippen molar-refractivity contribution in [2.24, 2.45) is 0 Å². The predicted octanol–water partition coefficient (Wildman–Crippen LogP) is 4.41. The zero-order valence-electron chi connectivity index (χ0n) is 12.3. The first-order valence-corrected chi connectivity index (χ1v) is 7.37. The van der Waals surface area contributed by atoms with E-state index in [-0.39, 0.29) is 0 Å². The normalized spacial score (nSPS) is 10.2. The number of rotatable bonds is 7. The van der Waals surface area contributed by atoms with E-state index in [2.05, 4.69) is 0 Å². The maximum absolute atomic E-state index is 5.85. The molecule has 0 bridgehead atoms. The van der Waals surface area contributed by atoms with E-state index < -0.39 is 0 Å². The molecule has 21 heavy (non-hydrogen) atoms. The fraction of sp³-hybridized carbons (Fsp3) is 0.294. The number of benzene rings is 2. The Bertz CT molecular complexity index is 584. The molecule has 0 amide bonds. The molecule has 4 heteroatoms. The molecule has 0 radical (unpaired) electrons. The van der Waals surface area contributed by atoms with Crippen molar-refractivity contribution in [3.05, 3.63) is 53.6 Å². The maximum atomic E-state index is 5.85. The molecular formula is C17H19ClO3. The lowest BCUT2D eigenvalue weighted by atomic mass is 10.2. The molecule has 0 N–H and O–H groups in total. The van der Waals surface area contributed by atoms with E-state index in [0.29, 0.717) is 24.8 Å². The molecule has 0 unspecified atom stereocenters. The summed E-state index contributed by atoms with van der Waals surface area (Å²) in [7, 11) is 1.65. The smallest absolute Gasteiger partial charge is 0.161 e. The first-order chi connectivity index (χ1) is 10.3. The van der Waals surface area contributed by atoms with Gasteiger partial charge in [0, 0.05) is 5.88 Å². The molecule has 0 aromatic heterocycles. The van der Waals surface area contributed by atoms with Crippen molar-refractivity contribution in [3.8, 4) is 17.2 Å². The van der Waals surface area contributed by atoms with Crippen LogP contribution < -0.4 is 14.2 Å². The van der Waals surface area contributed by atoms with Crippen LogP contribution in [0.5, 0.6) is 17.2 Å². The van der Waals surface area contributed by atoms with Crippen LogP contribution in [0.15, 0.2) is 42.5 Å². The van der Waals surface area contributed by atoms with Gasteiger partial charge in [-0.1, -0.05) is 18.2 Å². The minimum Gasteiger partial charge on any atom is -0.497 e. The maximum Gasteiger partial charge on any atom is 0.161 e. The lowest BCUT2D eigenvalue weighted by Gasteiger charge is -2.13. The first-order valence-electron chi connectivity index (χ1n) is 6.84. The van der Waals surface area contributed by atoms with Gasteiger partial charge in [0.1, 0.15) is 12.4 Å². The standard InChI is InChI=1S/C17H19ClO3/c1-3-20-17-10-13(11-18)7-8-16(17)21-12-14-5-4-6-15(9-14)19-2/h4-10H,3,11-12H2,1-2H3. The van der Waals surface area contributed by atoms with Gasteiger partial charge < -0.3 is 14.2 Å². The Balaban J connectivity index is 2.11. The van der Waals surface area contributed by atoms with Gasteiger partial charge in [-0.3, -0.25) is 0 Å². The van der Waals surface area contributed by atoms with E-state index >= 15 is 0 Å². The predicted molar refractivity (Wildman–Crippen MR) is 84.5 cm³/mol. The zero-order valence-corrected chi connectivity index (χ0v) is 13.0. The molecule has 3 nitrogen and oxygen atoms in total. The van der Waals surface area contributed by atoms with E-state index in [1.165, 1.54) is 0 Å². The van der Waals surface area contributed by atoms with Gasteiger partial charge in [-0.2, -0.15) is 0 Å². The van der Waals surface area contributed by atoms with E-state index in [1.807, 2.05) is 49.4 Å². The first kappa shape index (κ1) is 15.5. The number of alkyl halides is 1. The van der Waals surface area contributed by atoms with Crippen molar-refractivity contribution in [3.63, 3.8) is 0 Å². The van der Waals surface area contributed by atoms with Crippen molar-refractivity contribution in [2.45, 2.75) is 19.4 Å². The van der Waals surface area contributed by atoms with Crippen molar-refractivity contribution in [1.29, 1.82) is 0 Å². The summed E-state index contributed by atoms with van der Waals surface area (Å²) in [6.45, 7) is 2.98. The molecule has 0 aliphatic carbocycles. The highest BCUT2D eigenvalue weighted by atomic mass is 35.5. The average molecular weight is 307 g/mol. The fourth-order valence-corrected chi connectivity index (χ4v) is 2.11. The van der Waals surface area contributed by atoms with Crippen LogP contribution in [0.4, 0.5) is 0 Å². The van der Waals surface area contributed by atoms with Crippen LogP contribution in [-0.2, 0) is 12.5 Å². The Morgan fingerprint density at radius 1 is 0.952 bits per heavy atom. The van der Waals surface area contributed by atoms with Crippen molar-refractivity contribution in [1.82, 2.24) is 0 Å². The molecule has 0 atom stereocenters. The van der Waals surface area contributed by atoms with Crippen LogP contribution in [0.25, 0.3) is 0 Å². The van der Waals surface area contributed by atoms with E-state index in [0.717, 1.165) is 22.6 Å². The number of hydrogen-bond donors (Lipinski definition) is 0. The summed E-state index contributed by atoms with van der Waals surface area (Å²) in [4.78, 5) is 0. The lowest BCUT2D eigenvalue weighted by molar-refractivity contribution is 0.268. The van der Waals surface area contributed by atoms with Crippen molar-refractivity contribution >= 4 is 11.6 Å². The summed E-state index contributed by atoms with van der Waals surface area (Å²) in [5, 5.41) is 0. The highest BCUT2D eigenvalue weighted by Gasteiger charge is 2.07. The molecule has 112 valence electrons. The molecule has 2 aromatic rings. The molecule has 0 aliphatic heterocycles. The Hall–Kier alpha value is -1.87. The van der Waals surface area contributed by atoms with Gasteiger partial charge in [0.15, 0.2) is 11.5 Å². The van der Waals surface area contributed by atoms with Gasteiger partial charge in [-0.05, 0) is 42.3 Å². The number of halogens is 1. The third kappa shape index (κ3) is 4.30. The molecule has 0 saturated carbocycles. The molecule has 0 aliphatic rings. The second kappa shape index (κ2) is 7.79. The Kier molecular flexibility index (Phi) is 5.76. The highest BCUT2D eigenvalue weighted by molar-refractivity contribution is 6.17. The van der Waals surface area contributed by atoms with Crippen LogP contribution in [0, 0.1) is 0 Å². The second-order valence-corrected chi connectivity index (χ2v) is 4.76. The van der Waals surface area contributed by atoms with Crippen LogP contribution in [0.3, 0.4) is 0 Å². The fourth-order valence-electron chi connectivity index (χ4n) is 1.95. The van der Waals surface area contributed by atoms with Crippen LogP contribution >= 0.6 is 11.6 Å². The molecule has 2 rings (SSSR count). The van der Waals surface area contributed by atoms with Crippen LogP contribution in [-0.4, -0.2) is 13.7 Å². The Morgan fingerprint density at radius 2 is 1.81 bits per heavy atom. The van der Waals surface area contributed by atoms with Gasteiger partial charge in [-0.15, -0.1) is 11.6 Å². The van der Waals surface area contributed by atoms with Gasteiger partial charge in [0.2, 0.25) is 0 Å². The molecule has 0 saturated heterocycles. The third-order valence-electron chi connectivity index (χ3n) is 2.99. The van der Waals surface area contributed by atoms with Crippen LogP contribution in [0.1, 0.15) is 18.1 Å².